The first-order valence-corrected chi connectivity index (χ1v) is 9.57. The summed E-state index contributed by atoms with van der Waals surface area (Å²) in [5.74, 6) is -1.32. The number of carbonyl (C=O) groups excluding carboxylic acids is 3. The summed E-state index contributed by atoms with van der Waals surface area (Å²) in [6.07, 6.45) is -1.18. The maximum absolute atomic E-state index is 12.8. The van der Waals surface area contributed by atoms with Crippen molar-refractivity contribution in [3.05, 3.63) is 10.1 Å². The van der Waals surface area contributed by atoms with Crippen molar-refractivity contribution < 1.29 is 33.5 Å². The molecular formula is C19H32N2O8. The fourth-order valence-corrected chi connectivity index (χ4v) is 3.24. The Bertz CT molecular complexity index is 612. The molecule has 0 N–H and O–H groups in total. The lowest BCUT2D eigenvalue weighted by atomic mass is 9.82. The van der Waals surface area contributed by atoms with E-state index in [0.717, 1.165) is 4.90 Å². The minimum absolute atomic E-state index is 0.0963. The molecular weight excluding hydrogens is 384 g/mol. The Hall–Kier alpha value is -2.39. The third kappa shape index (κ3) is 7.86. The van der Waals surface area contributed by atoms with Crippen LogP contribution >= 0.6 is 0 Å². The lowest BCUT2D eigenvalue weighted by Gasteiger charge is -2.29. The molecule has 166 valence electrons. The maximum atomic E-state index is 12.8. The van der Waals surface area contributed by atoms with Gasteiger partial charge in [0.25, 0.3) is 0 Å². The first-order valence-electron chi connectivity index (χ1n) is 9.57. The summed E-state index contributed by atoms with van der Waals surface area (Å²) < 4.78 is 15.7. The highest BCUT2D eigenvalue weighted by molar-refractivity contribution is 5.83. The topological polar surface area (TPSA) is 125 Å². The average molecular weight is 416 g/mol. The zero-order valence-corrected chi connectivity index (χ0v) is 18.3. The molecule has 0 aromatic heterocycles. The molecule has 1 aliphatic rings. The molecule has 1 rings (SSSR count). The summed E-state index contributed by atoms with van der Waals surface area (Å²) in [5.41, 5.74) is -2.90. The van der Waals surface area contributed by atoms with Gasteiger partial charge >= 0.3 is 18.0 Å². The molecule has 29 heavy (non-hydrogen) atoms. The van der Waals surface area contributed by atoms with Crippen molar-refractivity contribution in [3.63, 3.8) is 0 Å². The van der Waals surface area contributed by atoms with Crippen molar-refractivity contribution in [2.24, 2.45) is 5.41 Å². The Morgan fingerprint density at radius 2 is 1.66 bits per heavy atom. The minimum atomic E-state index is -1.26. The smallest absolute Gasteiger partial charge is 0.411 e. The van der Waals surface area contributed by atoms with E-state index in [0.29, 0.717) is 0 Å². The second-order valence-corrected chi connectivity index (χ2v) is 9.33. The quantitative estimate of drug-likeness (QED) is 0.280. The Labute approximate surface area is 171 Å². The van der Waals surface area contributed by atoms with Gasteiger partial charge in [0, 0.05) is 11.5 Å². The summed E-state index contributed by atoms with van der Waals surface area (Å²) in [6.45, 7) is 11.0. The molecule has 1 heterocycles. The number of hydrogen-bond acceptors (Lipinski definition) is 8. The SMILES string of the molecule is CCOC(=O)CC1(C[N+](=O)[O-])C[C@@H](C(=O)OC(C)(C)C)N(C(=O)OC(C)(C)C)C1. The number of likely N-dealkylation sites (tertiary alicyclic amines) is 1. The summed E-state index contributed by atoms with van der Waals surface area (Å²) in [7, 11) is 0. The largest absolute Gasteiger partial charge is 0.466 e. The van der Waals surface area contributed by atoms with Crippen LogP contribution in [0.4, 0.5) is 4.79 Å². The number of amides is 1. The predicted molar refractivity (Wildman–Crippen MR) is 103 cm³/mol. The van der Waals surface area contributed by atoms with Crippen LogP contribution in [-0.4, -0.2) is 64.8 Å². The van der Waals surface area contributed by atoms with Gasteiger partial charge in [-0.25, -0.2) is 9.59 Å². The molecule has 1 saturated heterocycles. The van der Waals surface area contributed by atoms with E-state index >= 15 is 0 Å². The third-order valence-electron chi connectivity index (χ3n) is 4.10. The molecule has 0 aliphatic carbocycles. The predicted octanol–water partition coefficient (Wildman–Crippen LogP) is 2.55. The van der Waals surface area contributed by atoms with E-state index in [-0.39, 0.29) is 26.0 Å². The number of rotatable bonds is 6. The molecule has 0 aromatic rings. The lowest BCUT2D eigenvalue weighted by molar-refractivity contribution is -0.496. The van der Waals surface area contributed by atoms with Crippen LogP contribution in [0.3, 0.4) is 0 Å². The van der Waals surface area contributed by atoms with E-state index in [1.807, 2.05) is 0 Å². The molecule has 2 atom stereocenters. The number of hydrogen-bond donors (Lipinski definition) is 0. The van der Waals surface area contributed by atoms with E-state index in [4.69, 9.17) is 14.2 Å². The molecule has 1 amide bonds. The van der Waals surface area contributed by atoms with E-state index in [1.165, 1.54) is 0 Å². The van der Waals surface area contributed by atoms with Gasteiger partial charge in [0.2, 0.25) is 6.54 Å². The summed E-state index contributed by atoms with van der Waals surface area (Å²) in [5, 5.41) is 11.3. The normalized spacial score (nSPS) is 22.2. The highest BCUT2D eigenvalue weighted by Crippen LogP contribution is 2.40. The van der Waals surface area contributed by atoms with Crippen molar-refractivity contribution in [3.8, 4) is 0 Å². The molecule has 0 spiro atoms. The van der Waals surface area contributed by atoms with E-state index in [1.54, 1.807) is 48.5 Å². The van der Waals surface area contributed by atoms with Crippen molar-refractivity contribution in [1.82, 2.24) is 4.90 Å². The van der Waals surface area contributed by atoms with E-state index in [2.05, 4.69) is 0 Å². The summed E-state index contributed by atoms with van der Waals surface area (Å²) in [4.78, 5) is 49.5. The van der Waals surface area contributed by atoms with Crippen molar-refractivity contribution in [2.75, 3.05) is 19.7 Å². The Morgan fingerprint density at radius 1 is 1.10 bits per heavy atom. The van der Waals surface area contributed by atoms with Gasteiger partial charge in [0.15, 0.2) is 0 Å². The van der Waals surface area contributed by atoms with Crippen LogP contribution in [0.2, 0.25) is 0 Å². The number of nitrogens with zero attached hydrogens (tertiary/aromatic N) is 2. The van der Waals surface area contributed by atoms with Gasteiger partial charge in [-0.2, -0.15) is 0 Å². The Kier molecular flexibility index (Phi) is 7.61. The highest BCUT2D eigenvalue weighted by Gasteiger charge is 2.54. The maximum Gasteiger partial charge on any atom is 0.411 e. The van der Waals surface area contributed by atoms with Crippen molar-refractivity contribution in [2.45, 2.75) is 78.6 Å². The molecule has 0 radical (unpaired) electrons. The number of esters is 2. The highest BCUT2D eigenvalue weighted by atomic mass is 16.6. The van der Waals surface area contributed by atoms with Gasteiger partial charge in [-0.3, -0.25) is 19.8 Å². The molecule has 0 saturated carbocycles. The van der Waals surface area contributed by atoms with Crippen LogP contribution in [-0.2, 0) is 23.8 Å². The Morgan fingerprint density at radius 3 is 2.10 bits per heavy atom. The van der Waals surface area contributed by atoms with Crippen LogP contribution in [0.1, 0.15) is 61.3 Å². The summed E-state index contributed by atoms with van der Waals surface area (Å²) in [6, 6.07) is -1.10. The molecule has 1 fully saturated rings. The van der Waals surface area contributed by atoms with Gasteiger partial charge in [0.1, 0.15) is 17.2 Å². The second kappa shape index (κ2) is 8.96. The monoisotopic (exact) mass is 416 g/mol. The first-order chi connectivity index (χ1) is 13.1. The number of ether oxygens (including phenoxy) is 3. The van der Waals surface area contributed by atoms with Crippen LogP contribution in [0.25, 0.3) is 0 Å². The molecule has 0 bridgehead atoms. The second-order valence-electron chi connectivity index (χ2n) is 9.33. The molecule has 10 nitrogen and oxygen atoms in total. The molecule has 0 aromatic carbocycles. The zero-order valence-electron chi connectivity index (χ0n) is 18.3. The number of carbonyl (C=O) groups is 3. The van der Waals surface area contributed by atoms with Crippen molar-refractivity contribution in [1.29, 1.82) is 0 Å². The van der Waals surface area contributed by atoms with Gasteiger partial charge in [-0.05, 0) is 54.9 Å². The average Bonchev–Trinajstić information content (AvgIpc) is 2.82. The minimum Gasteiger partial charge on any atom is -0.466 e. The van der Waals surface area contributed by atoms with Crippen LogP contribution in [0.5, 0.6) is 0 Å². The van der Waals surface area contributed by atoms with E-state index < -0.39 is 52.2 Å². The van der Waals surface area contributed by atoms with Gasteiger partial charge in [-0.15, -0.1) is 0 Å². The zero-order chi connectivity index (χ0) is 22.6. The number of nitro groups is 1. The third-order valence-corrected chi connectivity index (χ3v) is 4.10. The van der Waals surface area contributed by atoms with Crippen LogP contribution in [0.15, 0.2) is 0 Å². The van der Waals surface area contributed by atoms with Crippen LogP contribution in [0, 0.1) is 15.5 Å². The van der Waals surface area contributed by atoms with Crippen LogP contribution < -0.4 is 0 Å². The van der Waals surface area contributed by atoms with Crippen molar-refractivity contribution >= 4 is 18.0 Å². The fraction of sp³-hybridized carbons (Fsp3) is 0.842. The van der Waals surface area contributed by atoms with Gasteiger partial charge < -0.3 is 14.2 Å². The van der Waals surface area contributed by atoms with E-state index in [9.17, 15) is 24.5 Å². The first kappa shape index (κ1) is 24.6. The fourth-order valence-electron chi connectivity index (χ4n) is 3.24. The lowest BCUT2D eigenvalue weighted by Crippen LogP contribution is -2.46. The van der Waals surface area contributed by atoms with Gasteiger partial charge in [-0.1, -0.05) is 0 Å². The summed E-state index contributed by atoms with van der Waals surface area (Å²) >= 11 is 0. The molecule has 1 unspecified atom stereocenters. The van der Waals surface area contributed by atoms with Gasteiger partial charge in [0.05, 0.1) is 18.4 Å². The Balaban J connectivity index is 3.26. The molecule has 10 heteroatoms. The standard InChI is InChI=1S/C19H32N2O8/c1-8-27-14(22)10-19(12-21(25)26)9-13(15(23)28-17(2,3)4)20(11-19)16(24)29-18(5,6)7/h13H,8-12H2,1-7H3/t13-,19?/m0/s1. The molecule has 1 aliphatic heterocycles.